The van der Waals surface area contributed by atoms with Crippen LogP contribution in [0, 0.1) is 5.82 Å². The molecule has 0 saturated heterocycles. The van der Waals surface area contributed by atoms with Gasteiger partial charge in [-0.2, -0.15) is 0 Å². The minimum Gasteiger partial charge on any atom is -0.491 e. The molecule has 0 heterocycles. The minimum atomic E-state index is -0.447. The Morgan fingerprint density at radius 3 is 2.62 bits per heavy atom. The van der Waals surface area contributed by atoms with Gasteiger partial charge < -0.3 is 15.8 Å². The van der Waals surface area contributed by atoms with Crippen LogP contribution in [0.1, 0.15) is 12.5 Å². The summed E-state index contributed by atoms with van der Waals surface area (Å²) in [6.45, 7) is 2.90. The van der Waals surface area contributed by atoms with E-state index in [2.05, 4.69) is 5.32 Å². The van der Waals surface area contributed by atoms with Crippen molar-refractivity contribution in [2.45, 2.75) is 13.3 Å². The fourth-order valence-electron chi connectivity index (χ4n) is 1.98. The van der Waals surface area contributed by atoms with Gasteiger partial charge in [-0.1, -0.05) is 23.7 Å². The van der Waals surface area contributed by atoms with Crippen LogP contribution in [0.25, 0.3) is 0 Å². The maximum absolute atomic E-state index is 13.6. The second-order valence-corrected chi connectivity index (χ2v) is 5.04. The quantitative estimate of drug-likeness (QED) is 0.789. The van der Waals surface area contributed by atoms with E-state index >= 15 is 0 Å². The highest BCUT2D eigenvalue weighted by molar-refractivity contribution is 6.30. The average Bonchev–Trinajstić information content (AvgIpc) is 2.46. The molecule has 3 nitrogen and oxygen atoms in total. The van der Waals surface area contributed by atoms with E-state index in [1.165, 1.54) is 6.07 Å². The molecule has 3 N–H and O–H groups in total. The van der Waals surface area contributed by atoms with Crippen molar-refractivity contribution in [2.24, 2.45) is 0 Å². The molecule has 21 heavy (non-hydrogen) atoms. The summed E-state index contributed by atoms with van der Waals surface area (Å²) in [5, 5.41) is 3.92. The van der Waals surface area contributed by atoms with Crippen LogP contribution in [0.2, 0.25) is 5.02 Å². The first-order chi connectivity index (χ1) is 10.1. The predicted molar refractivity (Wildman–Crippen MR) is 85.6 cm³/mol. The predicted octanol–water partition coefficient (Wildman–Crippen LogP) is 4.11. The first-order valence-corrected chi connectivity index (χ1v) is 7.18. The molecule has 2 aromatic carbocycles. The van der Waals surface area contributed by atoms with Crippen molar-refractivity contribution in [2.75, 3.05) is 24.2 Å². The van der Waals surface area contributed by atoms with Gasteiger partial charge in [-0.3, -0.25) is 0 Å². The molecule has 0 spiro atoms. The van der Waals surface area contributed by atoms with Gasteiger partial charge in [0.05, 0.1) is 18.0 Å². The number of hydrogen-bond donors (Lipinski definition) is 2. The van der Waals surface area contributed by atoms with E-state index in [4.69, 9.17) is 22.1 Å². The molecule has 0 fully saturated rings. The maximum atomic E-state index is 13.6. The van der Waals surface area contributed by atoms with Crippen LogP contribution >= 0.6 is 11.6 Å². The number of nitrogens with one attached hydrogen (secondary N) is 1. The van der Waals surface area contributed by atoms with Crippen LogP contribution < -0.4 is 15.8 Å². The lowest BCUT2D eigenvalue weighted by Gasteiger charge is -2.12. The summed E-state index contributed by atoms with van der Waals surface area (Å²) < 4.78 is 18.8. The Morgan fingerprint density at radius 2 is 1.95 bits per heavy atom. The summed E-state index contributed by atoms with van der Waals surface area (Å²) in [5.74, 6) is -0.238. The number of rotatable bonds is 6. The molecule has 0 amide bonds. The molecule has 0 aromatic heterocycles. The summed E-state index contributed by atoms with van der Waals surface area (Å²) in [6, 6.07) is 10.5. The smallest absolute Gasteiger partial charge is 0.167 e. The number of halogens is 2. The third-order valence-corrected chi connectivity index (χ3v) is 3.30. The van der Waals surface area contributed by atoms with Crippen LogP contribution in [0.5, 0.6) is 5.75 Å². The van der Waals surface area contributed by atoms with Gasteiger partial charge in [0, 0.05) is 23.7 Å². The van der Waals surface area contributed by atoms with E-state index in [1.807, 2.05) is 31.2 Å². The summed E-state index contributed by atoms with van der Waals surface area (Å²) >= 11 is 5.84. The van der Waals surface area contributed by atoms with Crippen LogP contribution in [0.15, 0.2) is 36.4 Å². The SMILES string of the molecule is CCOc1cc(NCCc2ccc(Cl)cc2)c(N)cc1F. The van der Waals surface area contributed by atoms with Crippen molar-refractivity contribution in [3.63, 3.8) is 0 Å². The molecule has 2 aromatic rings. The molecule has 0 radical (unpaired) electrons. The normalized spacial score (nSPS) is 10.4. The lowest BCUT2D eigenvalue weighted by Crippen LogP contribution is -2.08. The summed E-state index contributed by atoms with van der Waals surface area (Å²) in [7, 11) is 0. The van der Waals surface area contributed by atoms with Gasteiger partial charge in [-0.25, -0.2) is 4.39 Å². The lowest BCUT2D eigenvalue weighted by molar-refractivity contribution is 0.322. The molecule has 0 saturated carbocycles. The molecular formula is C16H18ClFN2O. The molecular weight excluding hydrogens is 291 g/mol. The van der Waals surface area contributed by atoms with Gasteiger partial charge in [-0.05, 0) is 31.0 Å². The summed E-state index contributed by atoms with van der Waals surface area (Å²) in [6.07, 6.45) is 0.817. The van der Waals surface area contributed by atoms with Crippen molar-refractivity contribution in [1.82, 2.24) is 0 Å². The number of nitrogen functional groups attached to an aromatic ring is 1. The highest BCUT2D eigenvalue weighted by Crippen LogP contribution is 2.28. The standard InChI is InChI=1S/C16H18ClFN2O/c1-2-21-16-10-15(14(19)9-13(16)18)20-8-7-11-3-5-12(17)6-4-11/h3-6,9-10,20H,2,7-8,19H2,1H3. The van der Waals surface area contributed by atoms with E-state index < -0.39 is 5.82 Å². The van der Waals surface area contributed by atoms with Crippen LogP contribution in [0.3, 0.4) is 0 Å². The van der Waals surface area contributed by atoms with Crippen molar-refractivity contribution >= 4 is 23.0 Å². The Balaban J connectivity index is 1.99. The van der Waals surface area contributed by atoms with Crippen molar-refractivity contribution in [3.8, 4) is 5.75 Å². The van der Waals surface area contributed by atoms with Gasteiger partial charge >= 0.3 is 0 Å². The monoisotopic (exact) mass is 308 g/mol. The third kappa shape index (κ3) is 4.26. The molecule has 112 valence electrons. The van der Waals surface area contributed by atoms with Crippen LogP contribution in [0.4, 0.5) is 15.8 Å². The minimum absolute atomic E-state index is 0.209. The zero-order chi connectivity index (χ0) is 15.2. The number of ether oxygens (including phenoxy) is 1. The Bertz CT molecular complexity index is 602. The fraction of sp³-hybridized carbons (Fsp3) is 0.250. The molecule has 0 aliphatic rings. The van der Waals surface area contributed by atoms with Crippen LogP contribution in [-0.2, 0) is 6.42 Å². The fourth-order valence-corrected chi connectivity index (χ4v) is 2.11. The first-order valence-electron chi connectivity index (χ1n) is 6.80. The van der Waals surface area contributed by atoms with Crippen molar-refractivity contribution in [3.05, 3.63) is 52.8 Å². The Kier molecular flexibility index (Phi) is 5.28. The topological polar surface area (TPSA) is 47.3 Å². The van der Waals surface area contributed by atoms with Crippen molar-refractivity contribution < 1.29 is 9.13 Å². The second kappa shape index (κ2) is 7.18. The maximum Gasteiger partial charge on any atom is 0.167 e. The first kappa shape index (κ1) is 15.4. The van der Waals surface area contributed by atoms with Gasteiger partial charge in [0.1, 0.15) is 0 Å². The van der Waals surface area contributed by atoms with Crippen LogP contribution in [-0.4, -0.2) is 13.2 Å². The molecule has 5 heteroatoms. The van der Waals surface area contributed by atoms with E-state index in [-0.39, 0.29) is 5.75 Å². The molecule has 0 unspecified atom stereocenters. The van der Waals surface area contributed by atoms with E-state index in [0.29, 0.717) is 24.5 Å². The van der Waals surface area contributed by atoms with Gasteiger partial charge in [0.25, 0.3) is 0 Å². The average molecular weight is 309 g/mol. The molecule has 0 aliphatic carbocycles. The number of nitrogens with two attached hydrogens (primary N) is 1. The van der Waals surface area contributed by atoms with Crippen molar-refractivity contribution in [1.29, 1.82) is 0 Å². The zero-order valence-electron chi connectivity index (χ0n) is 11.8. The largest absolute Gasteiger partial charge is 0.491 e. The Hall–Kier alpha value is -1.94. The molecule has 0 aliphatic heterocycles. The van der Waals surface area contributed by atoms with Gasteiger partial charge in [0.15, 0.2) is 11.6 Å². The van der Waals surface area contributed by atoms with Gasteiger partial charge in [-0.15, -0.1) is 0 Å². The summed E-state index contributed by atoms with van der Waals surface area (Å²) in [4.78, 5) is 0. The Morgan fingerprint density at radius 1 is 1.24 bits per heavy atom. The Labute approximate surface area is 128 Å². The molecule has 0 bridgehead atoms. The van der Waals surface area contributed by atoms with E-state index in [9.17, 15) is 4.39 Å². The zero-order valence-corrected chi connectivity index (χ0v) is 12.6. The highest BCUT2D eigenvalue weighted by atomic mass is 35.5. The van der Waals surface area contributed by atoms with Gasteiger partial charge in [0.2, 0.25) is 0 Å². The molecule has 0 atom stereocenters. The van der Waals surface area contributed by atoms with E-state index in [0.717, 1.165) is 17.0 Å². The summed E-state index contributed by atoms with van der Waals surface area (Å²) in [5.41, 5.74) is 8.02. The lowest BCUT2D eigenvalue weighted by atomic mass is 10.1. The molecule has 2 rings (SSSR count). The third-order valence-electron chi connectivity index (χ3n) is 3.05. The number of hydrogen-bond acceptors (Lipinski definition) is 3. The number of anilines is 2. The second-order valence-electron chi connectivity index (χ2n) is 4.61. The number of benzene rings is 2. The van der Waals surface area contributed by atoms with E-state index in [1.54, 1.807) is 6.07 Å². The highest BCUT2D eigenvalue weighted by Gasteiger charge is 2.08.